The number of carboxylic acid groups (broad SMARTS) is 1. The first-order valence-electron chi connectivity index (χ1n) is 10.5. The molecule has 1 saturated heterocycles. The van der Waals surface area contributed by atoms with Gasteiger partial charge in [-0.25, -0.2) is 4.79 Å². The summed E-state index contributed by atoms with van der Waals surface area (Å²) in [7, 11) is 0. The largest absolute Gasteiger partial charge is 0.481 e. The van der Waals surface area contributed by atoms with Gasteiger partial charge in [0.25, 0.3) is 0 Å². The van der Waals surface area contributed by atoms with Crippen molar-refractivity contribution in [1.29, 1.82) is 0 Å². The molecular weight excluding hydrogens is 396 g/mol. The zero-order valence-corrected chi connectivity index (χ0v) is 17.6. The van der Waals surface area contributed by atoms with Crippen LogP contribution in [-0.2, 0) is 14.3 Å². The van der Waals surface area contributed by atoms with Gasteiger partial charge in [-0.1, -0.05) is 55.5 Å². The van der Waals surface area contributed by atoms with E-state index in [0.29, 0.717) is 6.42 Å². The molecule has 1 unspecified atom stereocenters. The van der Waals surface area contributed by atoms with E-state index in [-0.39, 0.29) is 31.5 Å². The first-order valence-corrected chi connectivity index (χ1v) is 10.5. The van der Waals surface area contributed by atoms with Crippen molar-refractivity contribution >= 4 is 18.0 Å². The zero-order chi connectivity index (χ0) is 22.2. The van der Waals surface area contributed by atoms with Crippen LogP contribution in [0.5, 0.6) is 0 Å². The lowest BCUT2D eigenvalue weighted by Gasteiger charge is -2.42. The van der Waals surface area contributed by atoms with E-state index < -0.39 is 23.5 Å². The Labute approximate surface area is 181 Å². The van der Waals surface area contributed by atoms with Gasteiger partial charge < -0.3 is 20.1 Å². The van der Waals surface area contributed by atoms with Crippen LogP contribution >= 0.6 is 0 Å². The van der Waals surface area contributed by atoms with Crippen LogP contribution in [0.2, 0.25) is 0 Å². The molecule has 1 aliphatic carbocycles. The molecule has 2 amide bonds. The van der Waals surface area contributed by atoms with Crippen molar-refractivity contribution in [2.45, 2.75) is 31.7 Å². The Balaban J connectivity index is 1.41. The maximum Gasteiger partial charge on any atom is 0.408 e. The fraction of sp³-hybridized carbons (Fsp3) is 0.375. The first-order chi connectivity index (χ1) is 14.8. The molecule has 0 aromatic heterocycles. The van der Waals surface area contributed by atoms with Crippen molar-refractivity contribution < 1.29 is 24.2 Å². The summed E-state index contributed by atoms with van der Waals surface area (Å²) >= 11 is 0. The van der Waals surface area contributed by atoms with Crippen LogP contribution in [0.25, 0.3) is 11.1 Å². The Morgan fingerprint density at radius 1 is 1.06 bits per heavy atom. The summed E-state index contributed by atoms with van der Waals surface area (Å²) < 4.78 is 5.56. The number of carbonyl (C=O) groups is 3. The van der Waals surface area contributed by atoms with E-state index in [9.17, 15) is 14.4 Å². The van der Waals surface area contributed by atoms with Gasteiger partial charge in [0.15, 0.2) is 0 Å². The molecule has 1 aliphatic heterocycles. The molecule has 162 valence electrons. The van der Waals surface area contributed by atoms with Gasteiger partial charge in [0.05, 0.1) is 5.92 Å². The SMILES string of the molecule is CCC(C)(NC(=O)OCC1c2ccccc2-c2ccccc21)C(=O)N1CC(C(=O)O)C1. The number of hydrogen-bond acceptors (Lipinski definition) is 4. The highest BCUT2D eigenvalue weighted by atomic mass is 16.5. The summed E-state index contributed by atoms with van der Waals surface area (Å²) in [5.74, 6) is -1.80. The summed E-state index contributed by atoms with van der Waals surface area (Å²) in [6.45, 7) is 3.94. The second kappa shape index (κ2) is 8.06. The molecule has 2 aliphatic rings. The van der Waals surface area contributed by atoms with Gasteiger partial charge in [-0.2, -0.15) is 0 Å². The van der Waals surface area contributed by atoms with E-state index >= 15 is 0 Å². The number of amides is 2. The molecule has 1 atom stereocenters. The second-order valence-corrected chi connectivity index (χ2v) is 8.38. The van der Waals surface area contributed by atoms with Crippen molar-refractivity contribution in [3.05, 3.63) is 59.7 Å². The molecule has 2 N–H and O–H groups in total. The summed E-state index contributed by atoms with van der Waals surface area (Å²) in [6.07, 6.45) is -0.292. The number of benzene rings is 2. The van der Waals surface area contributed by atoms with Crippen molar-refractivity contribution in [2.24, 2.45) is 5.92 Å². The highest BCUT2D eigenvalue weighted by Crippen LogP contribution is 2.44. The molecule has 0 spiro atoms. The Morgan fingerprint density at radius 3 is 2.13 bits per heavy atom. The average Bonchev–Trinajstić information content (AvgIpc) is 3.04. The van der Waals surface area contributed by atoms with E-state index in [1.807, 2.05) is 36.4 Å². The van der Waals surface area contributed by atoms with Gasteiger partial charge in [-0.05, 0) is 35.6 Å². The lowest BCUT2D eigenvalue weighted by atomic mass is 9.92. The predicted octanol–water partition coefficient (Wildman–Crippen LogP) is 3.24. The van der Waals surface area contributed by atoms with E-state index in [4.69, 9.17) is 9.84 Å². The molecule has 7 nitrogen and oxygen atoms in total. The lowest BCUT2D eigenvalue weighted by Crippen LogP contribution is -2.63. The highest BCUT2D eigenvalue weighted by Gasteiger charge is 2.44. The molecule has 0 saturated carbocycles. The highest BCUT2D eigenvalue weighted by molar-refractivity contribution is 5.91. The number of likely N-dealkylation sites (tertiary alicyclic amines) is 1. The average molecular weight is 422 g/mol. The van der Waals surface area contributed by atoms with Crippen LogP contribution in [-0.4, -0.2) is 53.2 Å². The molecule has 0 bridgehead atoms. The third-order valence-electron chi connectivity index (χ3n) is 6.42. The number of rotatable bonds is 6. The van der Waals surface area contributed by atoms with Gasteiger partial charge in [-0.15, -0.1) is 0 Å². The minimum absolute atomic E-state index is 0.0616. The topological polar surface area (TPSA) is 95.9 Å². The zero-order valence-electron chi connectivity index (χ0n) is 17.6. The standard InChI is InChI=1S/C24H26N2O5/c1-3-24(2,22(29)26-12-15(13-26)21(27)28)25-23(30)31-14-20-18-10-6-4-8-16(18)17-9-5-7-11-19(17)20/h4-11,15,20H,3,12-14H2,1-2H3,(H,25,30)(H,27,28). The summed E-state index contributed by atoms with van der Waals surface area (Å²) in [6, 6.07) is 16.2. The fourth-order valence-electron chi connectivity index (χ4n) is 4.30. The van der Waals surface area contributed by atoms with Crippen LogP contribution in [0.15, 0.2) is 48.5 Å². The van der Waals surface area contributed by atoms with Crippen LogP contribution in [0, 0.1) is 5.92 Å². The van der Waals surface area contributed by atoms with Gasteiger partial charge in [-0.3, -0.25) is 9.59 Å². The minimum atomic E-state index is -1.15. The van der Waals surface area contributed by atoms with Crippen molar-refractivity contribution in [3.8, 4) is 11.1 Å². The molecule has 7 heteroatoms. The maximum absolute atomic E-state index is 12.8. The van der Waals surface area contributed by atoms with E-state index in [0.717, 1.165) is 22.3 Å². The van der Waals surface area contributed by atoms with Gasteiger partial charge >= 0.3 is 12.1 Å². The third kappa shape index (κ3) is 3.76. The molecular formula is C24H26N2O5. The molecule has 1 heterocycles. The predicted molar refractivity (Wildman–Crippen MR) is 115 cm³/mol. The normalized spacial score (nSPS) is 17.2. The van der Waals surface area contributed by atoms with Crippen LogP contribution in [0.4, 0.5) is 4.79 Å². The number of nitrogens with one attached hydrogen (secondary N) is 1. The quantitative estimate of drug-likeness (QED) is 0.745. The van der Waals surface area contributed by atoms with Crippen LogP contribution in [0.1, 0.15) is 37.3 Å². The molecule has 0 radical (unpaired) electrons. The number of fused-ring (bicyclic) bond motifs is 3. The number of alkyl carbamates (subject to hydrolysis) is 1. The number of nitrogens with zero attached hydrogens (tertiary/aromatic N) is 1. The number of carbonyl (C=O) groups excluding carboxylic acids is 2. The van der Waals surface area contributed by atoms with Crippen LogP contribution < -0.4 is 5.32 Å². The van der Waals surface area contributed by atoms with E-state index in [1.54, 1.807) is 13.8 Å². The summed E-state index contributed by atoms with van der Waals surface area (Å²) in [4.78, 5) is 37.9. The number of aliphatic carboxylic acids is 1. The van der Waals surface area contributed by atoms with E-state index in [1.165, 1.54) is 4.90 Å². The lowest BCUT2D eigenvalue weighted by molar-refractivity contribution is -0.155. The Bertz CT molecular complexity index is 985. The van der Waals surface area contributed by atoms with Crippen molar-refractivity contribution in [3.63, 3.8) is 0 Å². The third-order valence-corrected chi connectivity index (χ3v) is 6.42. The smallest absolute Gasteiger partial charge is 0.408 e. The monoisotopic (exact) mass is 422 g/mol. The fourth-order valence-corrected chi connectivity index (χ4v) is 4.30. The second-order valence-electron chi connectivity index (χ2n) is 8.38. The molecule has 2 aromatic carbocycles. The number of ether oxygens (including phenoxy) is 1. The molecule has 31 heavy (non-hydrogen) atoms. The number of hydrogen-bond donors (Lipinski definition) is 2. The Morgan fingerprint density at radius 2 is 1.61 bits per heavy atom. The number of carboxylic acids is 1. The van der Waals surface area contributed by atoms with Crippen molar-refractivity contribution in [1.82, 2.24) is 10.2 Å². The molecule has 4 rings (SSSR count). The summed E-state index contributed by atoms with van der Waals surface area (Å²) in [5.41, 5.74) is 3.38. The Kier molecular flexibility index (Phi) is 5.43. The van der Waals surface area contributed by atoms with Crippen LogP contribution in [0.3, 0.4) is 0 Å². The Hall–Kier alpha value is -3.35. The first kappa shape index (κ1) is 20.9. The maximum atomic E-state index is 12.8. The minimum Gasteiger partial charge on any atom is -0.481 e. The van der Waals surface area contributed by atoms with Crippen molar-refractivity contribution in [2.75, 3.05) is 19.7 Å². The summed E-state index contributed by atoms with van der Waals surface area (Å²) in [5, 5.41) is 11.7. The van der Waals surface area contributed by atoms with Gasteiger partial charge in [0.1, 0.15) is 12.1 Å². The van der Waals surface area contributed by atoms with E-state index in [2.05, 4.69) is 17.4 Å². The molecule has 2 aromatic rings. The molecule has 1 fully saturated rings. The van der Waals surface area contributed by atoms with Gasteiger partial charge in [0, 0.05) is 19.0 Å². The van der Waals surface area contributed by atoms with Gasteiger partial charge in [0.2, 0.25) is 5.91 Å².